The minimum atomic E-state index is -4.14. The van der Waals surface area contributed by atoms with Crippen molar-refractivity contribution < 1.29 is 17.9 Å². The van der Waals surface area contributed by atoms with E-state index in [0.29, 0.717) is 17.1 Å². The Morgan fingerprint density at radius 3 is 2.41 bits per heavy atom. The van der Waals surface area contributed by atoms with Crippen LogP contribution in [0.2, 0.25) is 0 Å². The van der Waals surface area contributed by atoms with Gasteiger partial charge in [-0.25, -0.2) is 0 Å². The van der Waals surface area contributed by atoms with E-state index in [-0.39, 0.29) is 19.0 Å². The van der Waals surface area contributed by atoms with E-state index in [9.17, 15) is 13.2 Å². The highest BCUT2D eigenvalue weighted by Crippen LogP contribution is 2.27. The Bertz CT molecular complexity index is 1530. The van der Waals surface area contributed by atoms with Crippen LogP contribution in [0.5, 0.6) is 0 Å². The average Bonchev–Trinajstić information content (AvgIpc) is 3.21. The van der Waals surface area contributed by atoms with Crippen molar-refractivity contribution in [2.24, 2.45) is 5.73 Å². The zero-order valence-electron chi connectivity index (χ0n) is 23.4. The number of nitrogens with one attached hydrogen (secondary N) is 3. The summed E-state index contributed by atoms with van der Waals surface area (Å²) in [4.78, 5) is 16.2. The number of benzene rings is 3. The lowest BCUT2D eigenvalue weighted by atomic mass is 10.0. The van der Waals surface area contributed by atoms with Crippen LogP contribution in [0.1, 0.15) is 31.4 Å². The monoisotopic (exact) mass is 579 g/mol. The van der Waals surface area contributed by atoms with Crippen molar-refractivity contribution >= 4 is 50.0 Å². The molecule has 3 aromatic carbocycles. The van der Waals surface area contributed by atoms with Crippen LogP contribution in [0.25, 0.3) is 10.8 Å². The van der Waals surface area contributed by atoms with E-state index >= 15 is 0 Å². The molecule has 1 heterocycles. The van der Waals surface area contributed by atoms with Crippen LogP contribution in [-0.4, -0.2) is 70.3 Å². The number of amidine groups is 2. The zero-order chi connectivity index (χ0) is 29.6. The first-order valence-corrected chi connectivity index (χ1v) is 15.0. The van der Waals surface area contributed by atoms with Gasteiger partial charge in [-0.05, 0) is 73.0 Å². The van der Waals surface area contributed by atoms with Crippen molar-refractivity contribution in [1.82, 2.24) is 9.62 Å². The normalized spacial score (nSPS) is 14.0. The number of nitrogens with two attached hydrogens (primary N) is 1. The largest absolute Gasteiger partial charge is 0.465 e. The molecule has 41 heavy (non-hydrogen) atoms. The van der Waals surface area contributed by atoms with E-state index in [2.05, 4.69) is 14.5 Å². The predicted molar refractivity (Wildman–Crippen MR) is 163 cm³/mol. The highest BCUT2D eigenvalue weighted by atomic mass is 32.2. The molecule has 1 fully saturated rings. The lowest BCUT2D eigenvalue weighted by molar-refractivity contribution is -0.141. The van der Waals surface area contributed by atoms with Gasteiger partial charge in [-0.3, -0.25) is 19.9 Å². The van der Waals surface area contributed by atoms with E-state index in [1.165, 1.54) is 4.31 Å². The van der Waals surface area contributed by atoms with E-state index in [1.54, 1.807) is 38.1 Å². The van der Waals surface area contributed by atoms with Crippen LogP contribution in [0, 0.1) is 10.8 Å². The summed E-state index contributed by atoms with van der Waals surface area (Å²) < 4.78 is 35.5. The molecule has 0 unspecified atom stereocenters. The number of nitrogen functional groups attached to an aromatic ring is 1. The molecule has 218 valence electrons. The van der Waals surface area contributed by atoms with Crippen LogP contribution < -0.4 is 19.7 Å². The number of anilines is 2. The number of hydrogen-bond acceptors (Lipinski definition) is 7. The lowest BCUT2D eigenvalue weighted by Gasteiger charge is -2.27. The van der Waals surface area contributed by atoms with Gasteiger partial charge in [0.2, 0.25) is 0 Å². The second kappa shape index (κ2) is 13.0. The summed E-state index contributed by atoms with van der Waals surface area (Å²) in [6, 6.07) is 18.4. The Morgan fingerprint density at radius 1 is 1.00 bits per heavy atom. The van der Waals surface area contributed by atoms with Crippen LogP contribution >= 0.6 is 0 Å². The van der Waals surface area contributed by atoms with E-state index in [0.717, 1.165) is 54.6 Å². The van der Waals surface area contributed by atoms with E-state index < -0.39 is 22.7 Å². The van der Waals surface area contributed by atoms with Crippen molar-refractivity contribution in [3.05, 3.63) is 71.8 Å². The van der Waals surface area contributed by atoms with Crippen LogP contribution in [0.15, 0.2) is 60.7 Å². The number of nitrogens with zero attached hydrogens (tertiary/aromatic N) is 3. The van der Waals surface area contributed by atoms with Crippen LogP contribution in [-0.2, 0) is 26.3 Å². The highest BCUT2D eigenvalue weighted by molar-refractivity contribution is 7.90. The molecule has 0 spiro atoms. The van der Waals surface area contributed by atoms with Gasteiger partial charge in [0, 0.05) is 37.4 Å². The van der Waals surface area contributed by atoms with Gasteiger partial charge in [-0.15, -0.1) is 0 Å². The fraction of sp³-hybridized carbons (Fsp3) is 0.345. The molecule has 5 N–H and O–H groups in total. The predicted octanol–water partition coefficient (Wildman–Crippen LogP) is 3.04. The van der Waals surface area contributed by atoms with Crippen molar-refractivity contribution in [3.63, 3.8) is 0 Å². The van der Waals surface area contributed by atoms with Gasteiger partial charge in [-0.2, -0.15) is 13.1 Å². The molecule has 0 bridgehead atoms. The Labute approximate surface area is 241 Å². The summed E-state index contributed by atoms with van der Waals surface area (Å²) in [7, 11) is -4.14. The maximum absolute atomic E-state index is 13.5. The van der Waals surface area contributed by atoms with Crippen molar-refractivity contribution in [1.29, 1.82) is 10.8 Å². The number of esters is 1. The summed E-state index contributed by atoms with van der Waals surface area (Å²) in [5, 5.41) is 17.4. The number of carbonyl (C=O) groups excluding carboxylic acids is 1. The molecule has 4 rings (SSSR count). The summed E-state index contributed by atoms with van der Waals surface area (Å²) in [5.41, 5.74) is 8.38. The zero-order valence-corrected chi connectivity index (χ0v) is 24.2. The maximum Gasteiger partial charge on any atom is 0.321 e. The van der Waals surface area contributed by atoms with Gasteiger partial charge in [0.25, 0.3) is 0 Å². The Kier molecular flexibility index (Phi) is 9.46. The van der Waals surface area contributed by atoms with Crippen LogP contribution in [0.4, 0.5) is 11.4 Å². The fourth-order valence-electron chi connectivity index (χ4n) is 4.82. The molecule has 0 aromatic heterocycles. The highest BCUT2D eigenvalue weighted by Gasteiger charge is 2.25. The van der Waals surface area contributed by atoms with Crippen LogP contribution in [0.3, 0.4) is 0 Å². The standard InChI is InChI=1S/C29H37N7O4S/c1-3-40-28(37)19-33-41(38,39)36(20-22-5-6-23-7-8-24(29(31)32)18-25(23)17-22)27-11-9-26(10-12-27)35-14-4-13-34(15-16-35)21(2)30/h5-12,17-18,30,33H,3-4,13-16,19-20H2,1-2H3,(H3,31,32). The molecule has 1 aliphatic heterocycles. The molecule has 1 saturated heterocycles. The summed E-state index contributed by atoms with van der Waals surface area (Å²) >= 11 is 0. The molecular weight excluding hydrogens is 542 g/mol. The van der Waals surface area contributed by atoms with Gasteiger partial charge in [0.15, 0.2) is 0 Å². The molecular formula is C29H37N7O4S. The Hall–Kier alpha value is -4.16. The topological polar surface area (TPSA) is 156 Å². The van der Waals surface area contributed by atoms with Crippen molar-refractivity contribution in [3.8, 4) is 0 Å². The third-order valence-corrected chi connectivity index (χ3v) is 8.44. The van der Waals surface area contributed by atoms with Gasteiger partial charge in [0.1, 0.15) is 12.4 Å². The van der Waals surface area contributed by atoms with E-state index in [1.807, 2.05) is 36.4 Å². The van der Waals surface area contributed by atoms with Gasteiger partial charge >= 0.3 is 16.2 Å². The van der Waals surface area contributed by atoms with Gasteiger partial charge in [0.05, 0.1) is 24.7 Å². The number of carbonyl (C=O) groups is 1. The average molecular weight is 580 g/mol. The molecule has 0 amide bonds. The summed E-state index contributed by atoms with van der Waals surface area (Å²) in [5.74, 6) is -0.149. The number of hydrogen-bond donors (Lipinski definition) is 4. The molecule has 0 saturated carbocycles. The minimum Gasteiger partial charge on any atom is -0.465 e. The molecule has 1 aliphatic rings. The second-order valence-electron chi connectivity index (χ2n) is 9.88. The van der Waals surface area contributed by atoms with Crippen molar-refractivity contribution in [2.75, 3.05) is 48.5 Å². The maximum atomic E-state index is 13.5. The first-order chi connectivity index (χ1) is 19.6. The molecule has 11 nitrogen and oxygen atoms in total. The SMILES string of the molecule is CCOC(=O)CNS(=O)(=O)N(Cc1ccc2ccc(C(=N)N)cc2c1)c1ccc(N2CCCN(C(C)=N)CC2)cc1. The molecule has 0 radical (unpaired) electrons. The van der Waals surface area contributed by atoms with Gasteiger partial charge < -0.3 is 20.3 Å². The lowest BCUT2D eigenvalue weighted by Crippen LogP contribution is -2.43. The molecule has 3 aromatic rings. The molecule has 0 atom stereocenters. The first-order valence-electron chi connectivity index (χ1n) is 13.5. The third kappa shape index (κ3) is 7.53. The quantitative estimate of drug-likeness (QED) is 0.163. The number of fused-ring (bicyclic) bond motifs is 1. The Morgan fingerprint density at radius 2 is 1.73 bits per heavy atom. The fourth-order valence-corrected chi connectivity index (χ4v) is 6.00. The molecule has 0 aliphatic carbocycles. The molecule has 12 heteroatoms. The summed E-state index contributed by atoms with van der Waals surface area (Å²) in [6.07, 6.45) is 0.920. The number of ether oxygens (including phenoxy) is 1. The van der Waals surface area contributed by atoms with Gasteiger partial charge in [-0.1, -0.05) is 24.3 Å². The van der Waals surface area contributed by atoms with E-state index in [4.69, 9.17) is 21.3 Å². The minimum absolute atomic E-state index is 0.00896. The summed E-state index contributed by atoms with van der Waals surface area (Å²) in [6.45, 7) is 6.32. The Balaban J connectivity index is 1.62. The van der Waals surface area contributed by atoms with Crippen molar-refractivity contribution in [2.45, 2.75) is 26.8 Å². The smallest absolute Gasteiger partial charge is 0.321 e. The third-order valence-electron chi connectivity index (χ3n) is 7.01. The first kappa shape index (κ1) is 29.8. The number of rotatable bonds is 10. The second-order valence-corrected chi connectivity index (χ2v) is 11.6.